The number of benzene rings is 1. The first kappa shape index (κ1) is 29.5. The van der Waals surface area contributed by atoms with E-state index in [1.165, 1.54) is 5.56 Å². The average Bonchev–Trinajstić information content (AvgIpc) is 3.83. The van der Waals surface area contributed by atoms with E-state index in [2.05, 4.69) is 28.4 Å². The van der Waals surface area contributed by atoms with Gasteiger partial charge in [0.2, 0.25) is 11.8 Å². The van der Waals surface area contributed by atoms with Gasteiger partial charge in [-0.05, 0) is 72.9 Å². The Morgan fingerprint density at radius 3 is 2.56 bits per heavy atom. The largest absolute Gasteiger partial charge is 0.385 e. The number of aryl methyl sites for hydroxylation is 2. The minimum Gasteiger partial charge on any atom is -0.385 e. The van der Waals surface area contributed by atoms with Gasteiger partial charge in [-0.2, -0.15) is 0 Å². The predicted octanol–water partition coefficient (Wildman–Crippen LogP) is 2.25. The van der Waals surface area contributed by atoms with Crippen LogP contribution in [0.15, 0.2) is 41.3 Å². The Labute approximate surface area is 242 Å². The van der Waals surface area contributed by atoms with Crippen LogP contribution in [0.1, 0.15) is 53.9 Å². The highest BCUT2D eigenvalue weighted by Crippen LogP contribution is 2.36. The molecule has 0 spiro atoms. The highest BCUT2D eigenvalue weighted by Gasteiger charge is 2.40. The summed E-state index contributed by atoms with van der Waals surface area (Å²) in [5.74, 6) is 0.0688. The Balaban J connectivity index is 1.37. The summed E-state index contributed by atoms with van der Waals surface area (Å²) in [6.45, 7) is 5.08. The molecule has 2 aliphatic heterocycles. The maximum atomic E-state index is 14.2. The lowest BCUT2D eigenvalue weighted by Gasteiger charge is -2.36. The molecule has 3 fully saturated rings. The number of pyridine rings is 1. The summed E-state index contributed by atoms with van der Waals surface area (Å²) in [6, 6.07) is 10.4. The molecule has 0 unspecified atom stereocenters. The van der Waals surface area contributed by atoms with Crippen LogP contribution in [0.2, 0.25) is 0 Å². The second-order valence-corrected chi connectivity index (χ2v) is 11.7. The maximum absolute atomic E-state index is 14.2. The van der Waals surface area contributed by atoms with Gasteiger partial charge in [0.15, 0.2) is 0 Å². The van der Waals surface area contributed by atoms with E-state index >= 15 is 0 Å². The van der Waals surface area contributed by atoms with E-state index in [4.69, 9.17) is 9.47 Å². The minimum atomic E-state index is -0.219. The summed E-state index contributed by atoms with van der Waals surface area (Å²) in [5.41, 5.74) is 4.14. The third kappa shape index (κ3) is 7.64. The number of hydrogen-bond acceptors (Lipinski definition) is 6. The SMILES string of the molecule is COCCCc1cc(CC(=O)N2CCOCC2)cc(CN(C(=O)[C@H]2CNCC[C@@H]2c2ccn(C)c(=O)c2)C2CC2)c1. The lowest BCUT2D eigenvalue weighted by molar-refractivity contribution is -0.138. The Morgan fingerprint density at radius 1 is 1.07 bits per heavy atom. The highest BCUT2D eigenvalue weighted by molar-refractivity contribution is 5.81. The van der Waals surface area contributed by atoms with Crippen molar-refractivity contribution in [1.29, 1.82) is 0 Å². The van der Waals surface area contributed by atoms with Gasteiger partial charge in [-0.1, -0.05) is 18.2 Å². The number of aromatic nitrogens is 1. The fraction of sp³-hybridized carbons (Fsp3) is 0.594. The van der Waals surface area contributed by atoms with E-state index in [-0.39, 0.29) is 35.3 Å². The second-order valence-electron chi connectivity index (χ2n) is 11.7. The van der Waals surface area contributed by atoms with Gasteiger partial charge in [0, 0.05) is 65.2 Å². The van der Waals surface area contributed by atoms with Crippen molar-refractivity contribution in [1.82, 2.24) is 19.7 Å². The maximum Gasteiger partial charge on any atom is 0.250 e. The van der Waals surface area contributed by atoms with Crippen molar-refractivity contribution in [3.63, 3.8) is 0 Å². The fourth-order valence-corrected chi connectivity index (χ4v) is 6.19. The van der Waals surface area contributed by atoms with Gasteiger partial charge in [0.1, 0.15) is 0 Å². The smallest absolute Gasteiger partial charge is 0.250 e. The third-order valence-electron chi connectivity index (χ3n) is 8.62. The molecule has 2 saturated heterocycles. The molecule has 2 amide bonds. The summed E-state index contributed by atoms with van der Waals surface area (Å²) < 4.78 is 12.3. The number of ether oxygens (including phenoxy) is 2. The molecule has 41 heavy (non-hydrogen) atoms. The van der Waals surface area contributed by atoms with Crippen LogP contribution in [0.5, 0.6) is 0 Å². The molecule has 1 aromatic heterocycles. The van der Waals surface area contributed by atoms with Crippen molar-refractivity contribution in [2.24, 2.45) is 13.0 Å². The number of piperidine rings is 1. The molecule has 1 saturated carbocycles. The Bertz CT molecular complexity index is 1270. The zero-order valence-electron chi connectivity index (χ0n) is 24.5. The molecule has 9 heteroatoms. The molecule has 2 atom stereocenters. The van der Waals surface area contributed by atoms with Crippen LogP contribution >= 0.6 is 0 Å². The zero-order valence-corrected chi connectivity index (χ0v) is 24.5. The molecular weight excluding hydrogens is 520 g/mol. The molecule has 9 nitrogen and oxygen atoms in total. The van der Waals surface area contributed by atoms with Crippen LogP contribution < -0.4 is 10.9 Å². The van der Waals surface area contributed by atoms with E-state index < -0.39 is 0 Å². The predicted molar refractivity (Wildman–Crippen MR) is 157 cm³/mol. The molecule has 1 N–H and O–H groups in total. The summed E-state index contributed by atoms with van der Waals surface area (Å²) >= 11 is 0. The summed E-state index contributed by atoms with van der Waals surface area (Å²) in [6.07, 6.45) is 6.75. The van der Waals surface area contributed by atoms with Crippen LogP contribution in [-0.4, -0.2) is 85.3 Å². The lowest BCUT2D eigenvalue weighted by atomic mass is 9.80. The van der Waals surface area contributed by atoms with Crippen molar-refractivity contribution in [2.75, 3.05) is 53.1 Å². The lowest BCUT2D eigenvalue weighted by Crippen LogP contribution is -2.47. The minimum absolute atomic E-state index is 0.0148. The van der Waals surface area contributed by atoms with Crippen LogP contribution in [0.3, 0.4) is 0 Å². The molecule has 222 valence electrons. The molecule has 1 aromatic carbocycles. The Kier molecular flexibility index (Phi) is 9.90. The number of carbonyl (C=O) groups excluding carboxylic acids is 2. The average molecular weight is 565 g/mol. The number of morpholine rings is 1. The van der Waals surface area contributed by atoms with E-state index in [0.29, 0.717) is 52.4 Å². The standard InChI is InChI=1S/C32H44N4O5/c1-34-10-8-26(20-30(34)37)28-7-9-33-21-29(28)32(39)36(27-5-6-27)22-25-17-23(4-3-13-40-2)16-24(18-25)19-31(38)35-11-14-41-15-12-35/h8,10,16-18,20,27-29,33H,3-7,9,11-15,19,21-22H2,1-2H3/t28-,29+/m1/s1. The monoisotopic (exact) mass is 564 g/mol. The van der Waals surface area contributed by atoms with Gasteiger partial charge in [0.05, 0.1) is 25.6 Å². The van der Waals surface area contributed by atoms with Crippen molar-refractivity contribution in [3.8, 4) is 0 Å². The van der Waals surface area contributed by atoms with E-state index in [9.17, 15) is 14.4 Å². The third-order valence-corrected chi connectivity index (χ3v) is 8.62. The molecule has 3 heterocycles. The molecule has 2 aromatic rings. The topological polar surface area (TPSA) is 93.1 Å². The molecule has 5 rings (SSSR count). The molecular formula is C32H44N4O5. The summed E-state index contributed by atoms with van der Waals surface area (Å²) in [7, 11) is 3.46. The van der Waals surface area contributed by atoms with Crippen LogP contribution in [-0.2, 0) is 45.5 Å². The number of hydrogen-bond donors (Lipinski definition) is 1. The van der Waals surface area contributed by atoms with E-state index in [1.54, 1.807) is 31.0 Å². The number of carbonyl (C=O) groups is 2. The van der Waals surface area contributed by atoms with E-state index in [1.807, 2.05) is 11.0 Å². The summed E-state index contributed by atoms with van der Waals surface area (Å²) in [4.78, 5) is 43.6. The van der Waals surface area contributed by atoms with Crippen molar-refractivity contribution in [3.05, 3.63) is 69.1 Å². The fourth-order valence-electron chi connectivity index (χ4n) is 6.19. The van der Waals surface area contributed by atoms with Gasteiger partial charge >= 0.3 is 0 Å². The molecule has 0 bridgehead atoms. The number of nitrogens with one attached hydrogen (secondary N) is 1. The molecule has 3 aliphatic rings. The summed E-state index contributed by atoms with van der Waals surface area (Å²) in [5, 5.41) is 3.43. The number of rotatable bonds is 11. The van der Waals surface area contributed by atoms with E-state index in [0.717, 1.165) is 55.3 Å². The Hall–Kier alpha value is -3.01. The first-order chi connectivity index (χ1) is 19.9. The van der Waals surface area contributed by atoms with Gasteiger partial charge in [0.25, 0.3) is 5.56 Å². The van der Waals surface area contributed by atoms with Crippen molar-refractivity contribution >= 4 is 11.8 Å². The molecule has 1 aliphatic carbocycles. The van der Waals surface area contributed by atoms with Gasteiger partial charge in [-0.3, -0.25) is 14.4 Å². The Morgan fingerprint density at radius 2 is 1.83 bits per heavy atom. The van der Waals surface area contributed by atoms with Gasteiger partial charge < -0.3 is 29.2 Å². The highest BCUT2D eigenvalue weighted by atomic mass is 16.5. The van der Waals surface area contributed by atoms with Gasteiger partial charge in [-0.25, -0.2) is 0 Å². The van der Waals surface area contributed by atoms with Crippen molar-refractivity contribution in [2.45, 2.75) is 57.0 Å². The van der Waals surface area contributed by atoms with Crippen LogP contribution in [0, 0.1) is 5.92 Å². The molecule has 0 radical (unpaired) electrons. The normalized spacial score (nSPS) is 21.1. The van der Waals surface area contributed by atoms with Crippen LogP contribution in [0.4, 0.5) is 0 Å². The first-order valence-corrected chi connectivity index (χ1v) is 15.1. The first-order valence-electron chi connectivity index (χ1n) is 15.1. The number of amides is 2. The number of methoxy groups -OCH3 is 1. The van der Waals surface area contributed by atoms with Crippen LogP contribution in [0.25, 0.3) is 0 Å². The number of nitrogens with zero attached hydrogens (tertiary/aromatic N) is 3. The van der Waals surface area contributed by atoms with Gasteiger partial charge in [-0.15, -0.1) is 0 Å². The quantitative estimate of drug-likeness (QED) is 0.421. The zero-order chi connectivity index (χ0) is 28.8. The second kappa shape index (κ2) is 13.8. The van der Waals surface area contributed by atoms with Crippen molar-refractivity contribution < 1.29 is 19.1 Å².